The maximum absolute atomic E-state index is 13.6. The summed E-state index contributed by atoms with van der Waals surface area (Å²) in [5.74, 6) is -0.444. The Morgan fingerprint density at radius 3 is 2.53 bits per heavy atom. The van der Waals surface area contributed by atoms with E-state index in [0.717, 1.165) is 0 Å². The van der Waals surface area contributed by atoms with E-state index in [1.54, 1.807) is 18.2 Å². The van der Waals surface area contributed by atoms with Gasteiger partial charge in [0.25, 0.3) is 0 Å². The molecule has 0 atom stereocenters. The van der Waals surface area contributed by atoms with E-state index in [1.165, 1.54) is 18.3 Å². The summed E-state index contributed by atoms with van der Waals surface area (Å²) in [6.07, 6.45) is 1.23. The average Bonchev–Trinajstić information content (AvgIpc) is 2.30. The van der Waals surface area contributed by atoms with E-state index >= 15 is 0 Å². The summed E-state index contributed by atoms with van der Waals surface area (Å²) in [5, 5.41) is 18.2. The highest BCUT2D eigenvalue weighted by Gasteiger charge is 2.16. The van der Waals surface area contributed by atoms with Gasteiger partial charge in [0.05, 0.1) is 0 Å². The summed E-state index contributed by atoms with van der Waals surface area (Å²) in [7, 11) is -1.66. The molecule has 3 nitrogen and oxygen atoms in total. The molecule has 0 aliphatic carbocycles. The van der Waals surface area contributed by atoms with Crippen molar-refractivity contribution in [1.29, 1.82) is 0 Å². The van der Waals surface area contributed by atoms with Gasteiger partial charge in [-0.1, -0.05) is 29.8 Å². The normalized spacial score (nSPS) is 10.4. The van der Waals surface area contributed by atoms with Crippen LogP contribution in [-0.2, 0) is 0 Å². The first-order chi connectivity index (χ1) is 8.09. The Morgan fingerprint density at radius 2 is 1.88 bits per heavy atom. The standard InChI is InChI=1S/C11H8BClFNO2/c13-11-9(5-7(6-15-11)12(16)17)8-3-1-2-4-10(8)14/h1-6,16-17H. The smallest absolute Gasteiger partial charge is 0.423 e. The first-order valence-corrected chi connectivity index (χ1v) is 5.24. The van der Waals surface area contributed by atoms with Crippen molar-refractivity contribution >= 4 is 24.2 Å². The Bertz CT molecular complexity index is 551. The third-order valence-corrected chi connectivity index (χ3v) is 2.62. The molecule has 0 fully saturated rings. The molecule has 17 heavy (non-hydrogen) atoms. The summed E-state index contributed by atoms with van der Waals surface area (Å²) >= 11 is 5.87. The molecule has 2 N–H and O–H groups in total. The monoisotopic (exact) mass is 251 g/mol. The second-order valence-electron chi connectivity index (χ2n) is 3.46. The second-order valence-corrected chi connectivity index (χ2v) is 3.82. The molecule has 86 valence electrons. The van der Waals surface area contributed by atoms with E-state index in [9.17, 15) is 4.39 Å². The zero-order valence-electron chi connectivity index (χ0n) is 8.64. The molecule has 0 aliphatic heterocycles. The van der Waals surface area contributed by atoms with Crippen LogP contribution < -0.4 is 5.46 Å². The molecule has 1 heterocycles. The zero-order chi connectivity index (χ0) is 12.4. The molecule has 0 radical (unpaired) electrons. The van der Waals surface area contributed by atoms with Gasteiger partial charge in [-0.05, 0) is 12.1 Å². The van der Waals surface area contributed by atoms with Crippen molar-refractivity contribution in [2.45, 2.75) is 0 Å². The van der Waals surface area contributed by atoms with Crippen molar-refractivity contribution in [3.8, 4) is 11.1 Å². The average molecular weight is 251 g/mol. The third-order valence-electron chi connectivity index (χ3n) is 2.32. The fourth-order valence-electron chi connectivity index (χ4n) is 1.47. The Morgan fingerprint density at radius 1 is 1.18 bits per heavy atom. The van der Waals surface area contributed by atoms with E-state index in [0.29, 0.717) is 5.56 Å². The van der Waals surface area contributed by atoms with Crippen LogP contribution in [0.15, 0.2) is 36.5 Å². The lowest BCUT2D eigenvalue weighted by Crippen LogP contribution is -2.30. The van der Waals surface area contributed by atoms with E-state index in [2.05, 4.69) is 4.98 Å². The molecule has 0 amide bonds. The summed E-state index contributed by atoms with van der Waals surface area (Å²) < 4.78 is 13.6. The Balaban J connectivity index is 2.59. The predicted octanol–water partition coefficient (Wildman–Crippen LogP) is 1.22. The van der Waals surface area contributed by atoms with Crippen LogP contribution in [0.1, 0.15) is 0 Å². The molecular weight excluding hydrogens is 243 g/mol. The number of nitrogens with zero attached hydrogens (tertiary/aromatic N) is 1. The van der Waals surface area contributed by atoms with E-state index in [4.69, 9.17) is 21.6 Å². The number of aromatic nitrogens is 1. The molecular formula is C11H8BClFNO2. The quantitative estimate of drug-likeness (QED) is 0.623. The SMILES string of the molecule is OB(O)c1cnc(Cl)c(-c2ccccc2F)c1. The fraction of sp³-hybridized carbons (Fsp3) is 0. The van der Waals surface area contributed by atoms with Crippen LogP contribution in [0, 0.1) is 5.82 Å². The van der Waals surface area contributed by atoms with E-state index in [1.807, 2.05) is 0 Å². The molecule has 6 heteroatoms. The first kappa shape index (κ1) is 12.0. The van der Waals surface area contributed by atoms with Gasteiger partial charge in [-0.2, -0.15) is 0 Å². The van der Waals surface area contributed by atoms with Gasteiger partial charge in [0.2, 0.25) is 0 Å². The van der Waals surface area contributed by atoms with Gasteiger partial charge in [0.15, 0.2) is 0 Å². The van der Waals surface area contributed by atoms with Crippen molar-refractivity contribution in [3.05, 3.63) is 47.5 Å². The number of pyridine rings is 1. The van der Waals surface area contributed by atoms with Gasteiger partial charge in [-0.3, -0.25) is 0 Å². The molecule has 0 aliphatic rings. The number of halogens is 2. The van der Waals surface area contributed by atoms with Crippen molar-refractivity contribution in [3.63, 3.8) is 0 Å². The van der Waals surface area contributed by atoms with Crippen molar-refractivity contribution in [1.82, 2.24) is 4.98 Å². The molecule has 0 saturated carbocycles. The molecule has 0 bridgehead atoms. The number of hydrogen-bond acceptors (Lipinski definition) is 3. The van der Waals surface area contributed by atoms with Crippen LogP contribution in [0.25, 0.3) is 11.1 Å². The molecule has 1 aromatic carbocycles. The third kappa shape index (κ3) is 2.47. The van der Waals surface area contributed by atoms with Crippen LogP contribution in [0.2, 0.25) is 5.15 Å². The Labute approximate surface area is 103 Å². The molecule has 1 aromatic heterocycles. The molecule has 0 spiro atoms. The largest absolute Gasteiger partial charge is 0.490 e. The minimum Gasteiger partial charge on any atom is -0.423 e. The highest BCUT2D eigenvalue weighted by Crippen LogP contribution is 2.27. The zero-order valence-corrected chi connectivity index (χ0v) is 9.39. The number of rotatable bonds is 2. The van der Waals surface area contributed by atoms with Crippen molar-refractivity contribution in [2.24, 2.45) is 0 Å². The molecule has 0 unspecified atom stereocenters. The summed E-state index contributed by atoms with van der Waals surface area (Å²) in [6, 6.07) is 7.47. The van der Waals surface area contributed by atoms with E-state index in [-0.39, 0.29) is 16.2 Å². The van der Waals surface area contributed by atoms with Crippen LogP contribution >= 0.6 is 11.6 Å². The van der Waals surface area contributed by atoms with Gasteiger partial charge in [0.1, 0.15) is 11.0 Å². The lowest BCUT2D eigenvalue weighted by molar-refractivity contribution is 0.425. The van der Waals surface area contributed by atoms with Gasteiger partial charge >= 0.3 is 7.12 Å². The summed E-state index contributed by atoms with van der Waals surface area (Å²) in [4.78, 5) is 3.80. The molecule has 2 rings (SSSR count). The summed E-state index contributed by atoms with van der Waals surface area (Å²) in [6.45, 7) is 0. The van der Waals surface area contributed by atoms with Gasteiger partial charge in [0, 0.05) is 22.8 Å². The predicted molar refractivity (Wildman–Crippen MR) is 64.5 cm³/mol. The van der Waals surface area contributed by atoms with Gasteiger partial charge in [-0.15, -0.1) is 0 Å². The van der Waals surface area contributed by atoms with Crippen LogP contribution in [0.4, 0.5) is 4.39 Å². The maximum atomic E-state index is 13.6. The van der Waals surface area contributed by atoms with Gasteiger partial charge in [-0.25, -0.2) is 9.37 Å². The Hall–Kier alpha value is -1.43. The highest BCUT2D eigenvalue weighted by atomic mass is 35.5. The number of hydrogen-bond donors (Lipinski definition) is 2. The molecule has 2 aromatic rings. The lowest BCUT2D eigenvalue weighted by atomic mass is 9.80. The lowest BCUT2D eigenvalue weighted by Gasteiger charge is -2.07. The topological polar surface area (TPSA) is 53.4 Å². The highest BCUT2D eigenvalue weighted by molar-refractivity contribution is 6.58. The van der Waals surface area contributed by atoms with Crippen LogP contribution in [-0.4, -0.2) is 22.2 Å². The number of benzene rings is 1. The van der Waals surface area contributed by atoms with Crippen LogP contribution in [0.3, 0.4) is 0 Å². The van der Waals surface area contributed by atoms with Crippen molar-refractivity contribution in [2.75, 3.05) is 0 Å². The second kappa shape index (κ2) is 4.83. The van der Waals surface area contributed by atoms with Crippen molar-refractivity contribution < 1.29 is 14.4 Å². The minimum absolute atomic E-state index is 0.111. The van der Waals surface area contributed by atoms with Gasteiger partial charge < -0.3 is 10.0 Å². The fourth-order valence-corrected chi connectivity index (χ4v) is 1.68. The Kier molecular flexibility index (Phi) is 3.42. The summed E-state index contributed by atoms with van der Waals surface area (Å²) in [5.41, 5.74) is 0.760. The molecule has 0 saturated heterocycles. The van der Waals surface area contributed by atoms with E-state index < -0.39 is 12.9 Å². The maximum Gasteiger partial charge on any atom is 0.490 e. The first-order valence-electron chi connectivity index (χ1n) is 4.86. The van der Waals surface area contributed by atoms with Crippen LogP contribution in [0.5, 0.6) is 0 Å². The minimum atomic E-state index is -1.66.